The van der Waals surface area contributed by atoms with Crippen LogP contribution in [-0.2, 0) is 19.6 Å². The summed E-state index contributed by atoms with van der Waals surface area (Å²) in [6.07, 6.45) is 0. The van der Waals surface area contributed by atoms with Gasteiger partial charge >= 0.3 is 5.97 Å². The molecule has 0 N–H and O–H groups in total. The van der Waals surface area contributed by atoms with E-state index in [1.807, 2.05) is 64.3 Å². The average molecular weight is 472 g/mol. The minimum Gasteiger partial charge on any atom is -0.459 e. The Morgan fingerprint density at radius 3 is 2.41 bits per heavy atom. The highest BCUT2D eigenvalue weighted by atomic mass is 32.2. The molecule has 2 heterocycles. The highest BCUT2D eigenvalue weighted by molar-refractivity contribution is 8.02. The van der Waals surface area contributed by atoms with Crippen molar-refractivity contribution >= 4 is 27.8 Å². The minimum absolute atomic E-state index is 0.168. The zero-order valence-electron chi connectivity index (χ0n) is 19.1. The molecule has 32 heavy (non-hydrogen) atoms. The molecule has 5 nitrogen and oxygen atoms in total. The van der Waals surface area contributed by atoms with Gasteiger partial charge in [0.15, 0.2) is 0 Å². The zero-order valence-corrected chi connectivity index (χ0v) is 20.7. The van der Waals surface area contributed by atoms with Crippen LogP contribution in [-0.4, -0.2) is 36.6 Å². The Morgan fingerprint density at radius 2 is 1.78 bits per heavy atom. The number of fused-ring (bicyclic) bond motifs is 1. The first-order chi connectivity index (χ1) is 14.9. The summed E-state index contributed by atoms with van der Waals surface area (Å²) in [5.74, 6) is 0.0878. The SMILES string of the molecule is Cc1ccc(S(=O)(=O)N2CC3=CSC[C@@]3(C(=O)OC(C)(C)C)[C@H]2c2cccc(C)c2)cc1. The molecule has 0 aromatic heterocycles. The Hall–Kier alpha value is -2.09. The molecule has 4 rings (SSSR count). The molecule has 0 bridgehead atoms. The van der Waals surface area contributed by atoms with Crippen LogP contribution >= 0.6 is 11.8 Å². The van der Waals surface area contributed by atoms with E-state index < -0.39 is 27.1 Å². The van der Waals surface area contributed by atoms with Crippen molar-refractivity contribution < 1.29 is 17.9 Å². The molecule has 0 radical (unpaired) electrons. The summed E-state index contributed by atoms with van der Waals surface area (Å²) in [6.45, 7) is 9.57. The number of hydrogen-bond acceptors (Lipinski definition) is 5. The van der Waals surface area contributed by atoms with Gasteiger partial charge in [-0.25, -0.2) is 8.42 Å². The van der Waals surface area contributed by atoms with Crippen molar-refractivity contribution in [1.29, 1.82) is 0 Å². The van der Waals surface area contributed by atoms with Crippen LogP contribution in [0, 0.1) is 19.3 Å². The first-order valence-corrected chi connectivity index (χ1v) is 13.1. The number of carbonyl (C=O) groups is 1. The summed E-state index contributed by atoms with van der Waals surface area (Å²) in [6, 6.07) is 13.9. The summed E-state index contributed by atoms with van der Waals surface area (Å²) in [7, 11) is -3.85. The van der Waals surface area contributed by atoms with E-state index in [4.69, 9.17) is 4.74 Å². The number of hydrogen-bond donors (Lipinski definition) is 0. The van der Waals surface area contributed by atoms with Gasteiger partial charge in [0, 0.05) is 12.3 Å². The molecule has 2 aromatic carbocycles. The van der Waals surface area contributed by atoms with Crippen LogP contribution in [0.15, 0.2) is 64.4 Å². The van der Waals surface area contributed by atoms with Gasteiger partial charge in [0.1, 0.15) is 11.0 Å². The van der Waals surface area contributed by atoms with Gasteiger partial charge in [0.2, 0.25) is 10.0 Å². The first-order valence-electron chi connectivity index (χ1n) is 10.6. The maximum atomic E-state index is 13.8. The Bertz CT molecular complexity index is 1180. The molecule has 2 atom stereocenters. The van der Waals surface area contributed by atoms with Gasteiger partial charge in [0.05, 0.1) is 10.9 Å². The number of sulfonamides is 1. The standard InChI is InChI=1S/C25H29NO4S2/c1-17-9-11-21(12-10-17)32(28,29)26-14-20-15-31-16-25(20,23(27)30-24(3,4)5)22(26)19-8-6-7-18(2)13-19/h6-13,15,22H,14,16H2,1-5H3/t22-,25+/m1/s1. The lowest BCUT2D eigenvalue weighted by Gasteiger charge is -2.36. The second-order valence-corrected chi connectivity index (χ2v) is 12.4. The Morgan fingerprint density at radius 1 is 1.09 bits per heavy atom. The lowest BCUT2D eigenvalue weighted by atomic mass is 9.76. The fourth-order valence-corrected chi connectivity index (χ4v) is 7.37. The monoisotopic (exact) mass is 471 g/mol. The van der Waals surface area contributed by atoms with Crippen molar-refractivity contribution in [3.8, 4) is 0 Å². The second-order valence-electron chi connectivity index (χ2n) is 9.61. The maximum Gasteiger partial charge on any atom is 0.319 e. The van der Waals surface area contributed by atoms with Gasteiger partial charge in [0.25, 0.3) is 0 Å². The van der Waals surface area contributed by atoms with Gasteiger partial charge in [-0.3, -0.25) is 4.79 Å². The molecule has 0 aliphatic carbocycles. The molecule has 0 saturated carbocycles. The Labute approximate surface area is 194 Å². The summed E-state index contributed by atoms with van der Waals surface area (Å²) in [5, 5.41) is 1.94. The van der Waals surface area contributed by atoms with Crippen LogP contribution in [0.1, 0.15) is 43.5 Å². The highest BCUT2D eigenvalue weighted by Crippen LogP contribution is 2.58. The van der Waals surface area contributed by atoms with Gasteiger partial charge in [-0.05, 0) is 63.3 Å². The van der Waals surface area contributed by atoms with Crippen LogP contribution in [0.4, 0.5) is 0 Å². The van der Waals surface area contributed by atoms with Crippen molar-refractivity contribution in [3.63, 3.8) is 0 Å². The van der Waals surface area contributed by atoms with Crippen LogP contribution in [0.25, 0.3) is 0 Å². The van der Waals surface area contributed by atoms with Crippen LogP contribution < -0.4 is 0 Å². The van der Waals surface area contributed by atoms with E-state index in [-0.39, 0.29) is 17.4 Å². The normalized spacial score (nSPS) is 23.7. The highest BCUT2D eigenvalue weighted by Gasteiger charge is 2.62. The van der Waals surface area contributed by atoms with E-state index in [0.29, 0.717) is 5.75 Å². The number of rotatable bonds is 4. The number of thioether (sulfide) groups is 1. The quantitative estimate of drug-likeness (QED) is 0.587. The number of aryl methyl sites for hydroxylation is 2. The number of benzene rings is 2. The van der Waals surface area contributed by atoms with Crippen LogP contribution in [0.2, 0.25) is 0 Å². The molecule has 0 unspecified atom stereocenters. The predicted molar refractivity (Wildman–Crippen MR) is 128 cm³/mol. The van der Waals surface area contributed by atoms with E-state index in [1.54, 1.807) is 36.0 Å². The number of nitrogens with zero attached hydrogens (tertiary/aromatic N) is 1. The summed E-state index contributed by atoms with van der Waals surface area (Å²) >= 11 is 1.55. The fourth-order valence-electron chi connectivity index (χ4n) is 4.44. The van der Waals surface area contributed by atoms with Crippen molar-refractivity contribution in [1.82, 2.24) is 4.31 Å². The van der Waals surface area contributed by atoms with Crippen molar-refractivity contribution in [2.45, 2.75) is 51.2 Å². The molecule has 2 aliphatic rings. The number of esters is 1. The van der Waals surface area contributed by atoms with Gasteiger partial charge in [-0.15, -0.1) is 11.8 Å². The molecule has 0 spiro atoms. The number of ether oxygens (including phenoxy) is 1. The molecular formula is C25H29NO4S2. The minimum atomic E-state index is -3.85. The third-order valence-electron chi connectivity index (χ3n) is 5.94. The molecule has 1 saturated heterocycles. The first kappa shape index (κ1) is 23.1. The maximum absolute atomic E-state index is 13.8. The van der Waals surface area contributed by atoms with E-state index in [1.165, 1.54) is 4.31 Å². The van der Waals surface area contributed by atoms with E-state index in [0.717, 1.165) is 22.3 Å². The largest absolute Gasteiger partial charge is 0.459 e. The van der Waals surface area contributed by atoms with E-state index >= 15 is 0 Å². The third kappa shape index (κ3) is 3.91. The van der Waals surface area contributed by atoms with Crippen molar-refractivity contribution in [2.75, 3.05) is 12.3 Å². The second kappa shape index (κ2) is 8.04. The van der Waals surface area contributed by atoms with E-state index in [2.05, 4.69) is 0 Å². The molecule has 7 heteroatoms. The molecule has 2 aromatic rings. The molecule has 170 valence electrons. The fraction of sp³-hybridized carbons (Fsp3) is 0.400. The Balaban J connectivity index is 1.90. The van der Waals surface area contributed by atoms with Crippen molar-refractivity contribution in [3.05, 3.63) is 76.2 Å². The molecule has 1 fully saturated rings. The average Bonchev–Trinajstić information content (AvgIpc) is 3.24. The zero-order chi connectivity index (χ0) is 23.3. The van der Waals surface area contributed by atoms with Gasteiger partial charge in [-0.1, -0.05) is 47.5 Å². The third-order valence-corrected chi connectivity index (χ3v) is 8.84. The van der Waals surface area contributed by atoms with Crippen LogP contribution in [0.5, 0.6) is 0 Å². The molecule has 2 aliphatic heterocycles. The van der Waals surface area contributed by atoms with Crippen LogP contribution in [0.3, 0.4) is 0 Å². The lowest BCUT2D eigenvalue weighted by Crippen LogP contribution is -2.44. The predicted octanol–water partition coefficient (Wildman–Crippen LogP) is 5.01. The summed E-state index contributed by atoms with van der Waals surface area (Å²) < 4.78 is 35.0. The molecule has 0 amide bonds. The number of carbonyl (C=O) groups excluding carboxylic acids is 1. The van der Waals surface area contributed by atoms with Gasteiger partial charge < -0.3 is 4.74 Å². The van der Waals surface area contributed by atoms with Crippen molar-refractivity contribution in [2.24, 2.45) is 5.41 Å². The summed E-state index contributed by atoms with van der Waals surface area (Å²) in [4.78, 5) is 13.9. The van der Waals surface area contributed by atoms with E-state index in [9.17, 15) is 13.2 Å². The lowest BCUT2D eigenvalue weighted by molar-refractivity contribution is -0.165. The topological polar surface area (TPSA) is 63.7 Å². The molecular weight excluding hydrogens is 442 g/mol. The summed E-state index contributed by atoms with van der Waals surface area (Å²) in [5.41, 5.74) is 1.88. The Kier molecular flexibility index (Phi) is 5.80. The van der Waals surface area contributed by atoms with Gasteiger partial charge in [-0.2, -0.15) is 4.31 Å². The smallest absolute Gasteiger partial charge is 0.319 e.